The number of carbonyl (C=O) groups excluding carboxylic acids is 2. The fourth-order valence-electron chi connectivity index (χ4n) is 2.09. The highest BCUT2D eigenvalue weighted by Gasteiger charge is 2.11. The number of rotatable bonds is 7. The largest absolute Gasteiger partial charge is 0.347 e. The summed E-state index contributed by atoms with van der Waals surface area (Å²) in [7, 11) is 0. The van der Waals surface area contributed by atoms with E-state index < -0.39 is 0 Å². The zero-order valence-electron chi connectivity index (χ0n) is 13.6. The van der Waals surface area contributed by atoms with Gasteiger partial charge in [0.2, 0.25) is 23.5 Å². The van der Waals surface area contributed by atoms with Gasteiger partial charge in [-0.05, 0) is 35.7 Å². The predicted molar refractivity (Wildman–Crippen MR) is 99.0 cm³/mol. The van der Waals surface area contributed by atoms with Gasteiger partial charge in [0.25, 0.3) is 0 Å². The van der Waals surface area contributed by atoms with Crippen molar-refractivity contribution in [2.75, 3.05) is 11.9 Å². The third kappa shape index (κ3) is 5.14. The number of halogens is 1. The Bertz CT molecular complexity index is 878. The second-order valence-corrected chi connectivity index (χ2v) is 6.57. The molecular weight excluding hydrogens is 376 g/mol. The SMILES string of the molecule is O=C(CCc1nc(-c2ccsc2)no1)NCC(=O)Nc1ccc(Cl)cc1. The Morgan fingerprint density at radius 3 is 2.69 bits per heavy atom. The Labute approximate surface area is 158 Å². The molecule has 7 nitrogen and oxygen atoms in total. The van der Waals surface area contributed by atoms with Crippen LogP contribution in [0, 0.1) is 0 Å². The molecule has 0 spiro atoms. The number of hydrogen-bond donors (Lipinski definition) is 2. The Kier molecular flexibility index (Phi) is 5.98. The fourth-order valence-corrected chi connectivity index (χ4v) is 2.85. The zero-order chi connectivity index (χ0) is 18.4. The van der Waals surface area contributed by atoms with Crippen LogP contribution in [0.15, 0.2) is 45.6 Å². The summed E-state index contributed by atoms with van der Waals surface area (Å²) in [6, 6.07) is 8.60. The molecule has 0 saturated heterocycles. The van der Waals surface area contributed by atoms with E-state index in [0.29, 0.717) is 28.8 Å². The number of anilines is 1. The molecule has 1 aromatic carbocycles. The van der Waals surface area contributed by atoms with Crippen molar-refractivity contribution in [3.8, 4) is 11.4 Å². The molecule has 2 aromatic heterocycles. The molecule has 0 radical (unpaired) electrons. The Balaban J connectivity index is 1.40. The van der Waals surface area contributed by atoms with Gasteiger partial charge in [0.1, 0.15) is 0 Å². The van der Waals surface area contributed by atoms with Gasteiger partial charge in [-0.15, -0.1) is 0 Å². The monoisotopic (exact) mass is 390 g/mol. The minimum absolute atomic E-state index is 0.120. The molecule has 2 N–H and O–H groups in total. The van der Waals surface area contributed by atoms with Gasteiger partial charge in [0.05, 0.1) is 6.54 Å². The molecule has 3 rings (SSSR count). The average Bonchev–Trinajstić information content (AvgIpc) is 3.31. The van der Waals surface area contributed by atoms with Gasteiger partial charge in [-0.25, -0.2) is 0 Å². The van der Waals surface area contributed by atoms with E-state index in [9.17, 15) is 9.59 Å². The van der Waals surface area contributed by atoms with E-state index in [1.807, 2.05) is 16.8 Å². The van der Waals surface area contributed by atoms with E-state index in [1.54, 1.807) is 35.6 Å². The lowest BCUT2D eigenvalue weighted by atomic mass is 10.3. The van der Waals surface area contributed by atoms with Gasteiger partial charge in [-0.1, -0.05) is 16.8 Å². The van der Waals surface area contributed by atoms with Crippen molar-refractivity contribution < 1.29 is 14.1 Å². The maximum Gasteiger partial charge on any atom is 0.243 e. The second kappa shape index (κ2) is 8.59. The molecule has 0 aliphatic rings. The number of aryl methyl sites for hydroxylation is 1. The van der Waals surface area contributed by atoms with Gasteiger partial charge in [0, 0.05) is 34.5 Å². The van der Waals surface area contributed by atoms with Crippen LogP contribution in [0.5, 0.6) is 0 Å². The molecule has 2 heterocycles. The summed E-state index contributed by atoms with van der Waals surface area (Å²) in [5.41, 5.74) is 1.49. The fraction of sp³-hybridized carbons (Fsp3) is 0.176. The molecule has 2 amide bonds. The minimum Gasteiger partial charge on any atom is -0.347 e. The van der Waals surface area contributed by atoms with Crippen molar-refractivity contribution in [3.05, 3.63) is 52.0 Å². The summed E-state index contributed by atoms with van der Waals surface area (Å²) in [5, 5.41) is 13.5. The first-order valence-electron chi connectivity index (χ1n) is 7.77. The number of benzene rings is 1. The van der Waals surface area contributed by atoms with Gasteiger partial charge < -0.3 is 15.2 Å². The van der Waals surface area contributed by atoms with Crippen LogP contribution in [0.25, 0.3) is 11.4 Å². The number of amides is 2. The van der Waals surface area contributed by atoms with Crippen LogP contribution in [0.4, 0.5) is 5.69 Å². The molecule has 0 aliphatic heterocycles. The van der Waals surface area contributed by atoms with Gasteiger partial charge in [-0.2, -0.15) is 16.3 Å². The van der Waals surface area contributed by atoms with E-state index in [-0.39, 0.29) is 24.8 Å². The van der Waals surface area contributed by atoms with Crippen LogP contribution in [0.3, 0.4) is 0 Å². The molecule has 0 bridgehead atoms. The van der Waals surface area contributed by atoms with Crippen molar-refractivity contribution in [2.45, 2.75) is 12.8 Å². The van der Waals surface area contributed by atoms with E-state index in [1.165, 1.54) is 0 Å². The van der Waals surface area contributed by atoms with Crippen LogP contribution in [0.2, 0.25) is 5.02 Å². The maximum absolute atomic E-state index is 11.9. The van der Waals surface area contributed by atoms with Crippen LogP contribution in [0.1, 0.15) is 12.3 Å². The Hall–Kier alpha value is -2.71. The predicted octanol–water partition coefficient (Wildman–Crippen LogP) is 3.14. The number of carbonyl (C=O) groups is 2. The highest BCUT2D eigenvalue weighted by Crippen LogP contribution is 2.19. The molecule has 0 fully saturated rings. The quantitative estimate of drug-likeness (QED) is 0.646. The smallest absolute Gasteiger partial charge is 0.243 e. The molecule has 26 heavy (non-hydrogen) atoms. The van der Waals surface area contributed by atoms with E-state index in [2.05, 4.69) is 20.8 Å². The summed E-state index contributed by atoms with van der Waals surface area (Å²) in [6.07, 6.45) is 0.460. The zero-order valence-corrected chi connectivity index (χ0v) is 15.1. The van der Waals surface area contributed by atoms with Crippen LogP contribution in [-0.2, 0) is 16.0 Å². The minimum atomic E-state index is -0.321. The third-order valence-corrected chi connectivity index (χ3v) is 4.32. The lowest BCUT2D eigenvalue weighted by molar-refractivity contribution is -0.124. The number of aromatic nitrogens is 2. The number of hydrogen-bond acceptors (Lipinski definition) is 6. The first-order chi connectivity index (χ1) is 12.6. The van der Waals surface area contributed by atoms with Crippen molar-refractivity contribution >= 4 is 40.4 Å². The second-order valence-electron chi connectivity index (χ2n) is 5.36. The van der Waals surface area contributed by atoms with Gasteiger partial charge >= 0.3 is 0 Å². The highest BCUT2D eigenvalue weighted by molar-refractivity contribution is 7.08. The Morgan fingerprint density at radius 2 is 1.96 bits per heavy atom. The summed E-state index contributed by atoms with van der Waals surface area (Å²) in [5.74, 6) is 0.292. The molecule has 0 saturated carbocycles. The van der Waals surface area contributed by atoms with Crippen molar-refractivity contribution in [1.29, 1.82) is 0 Å². The number of nitrogens with one attached hydrogen (secondary N) is 2. The standard InChI is InChI=1S/C17H15ClN4O3S/c18-12-1-3-13(4-2-12)20-15(24)9-19-14(23)5-6-16-21-17(22-25-16)11-7-8-26-10-11/h1-4,7-8,10H,5-6,9H2,(H,19,23)(H,20,24). The normalized spacial score (nSPS) is 10.5. The molecule has 9 heteroatoms. The summed E-state index contributed by atoms with van der Waals surface area (Å²) >= 11 is 7.32. The Morgan fingerprint density at radius 1 is 1.15 bits per heavy atom. The van der Waals surface area contributed by atoms with Crippen LogP contribution >= 0.6 is 22.9 Å². The molecule has 0 atom stereocenters. The summed E-state index contributed by atoms with van der Waals surface area (Å²) in [6.45, 7) is -0.120. The van der Waals surface area contributed by atoms with Crippen molar-refractivity contribution in [2.24, 2.45) is 0 Å². The first-order valence-corrected chi connectivity index (χ1v) is 9.09. The maximum atomic E-state index is 11.9. The van der Waals surface area contributed by atoms with Crippen molar-refractivity contribution in [3.63, 3.8) is 0 Å². The summed E-state index contributed by atoms with van der Waals surface area (Å²) < 4.78 is 5.13. The van der Waals surface area contributed by atoms with Gasteiger partial charge in [-0.3, -0.25) is 9.59 Å². The molecule has 134 valence electrons. The van der Waals surface area contributed by atoms with E-state index in [4.69, 9.17) is 16.1 Å². The lowest BCUT2D eigenvalue weighted by Gasteiger charge is -2.06. The van der Waals surface area contributed by atoms with Gasteiger partial charge in [0.15, 0.2) is 0 Å². The summed E-state index contributed by atoms with van der Waals surface area (Å²) in [4.78, 5) is 27.9. The number of nitrogens with zero attached hydrogens (tertiary/aromatic N) is 2. The van der Waals surface area contributed by atoms with Crippen molar-refractivity contribution in [1.82, 2.24) is 15.5 Å². The molecule has 0 unspecified atom stereocenters. The number of thiophene rings is 1. The third-order valence-electron chi connectivity index (χ3n) is 3.39. The molecule has 3 aromatic rings. The van der Waals surface area contributed by atoms with Crippen LogP contribution in [-0.4, -0.2) is 28.5 Å². The van der Waals surface area contributed by atoms with E-state index >= 15 is 0 Å². The topological polar surface area (TPSA) is 97.1 Å². The van der Waals surface area contributed by atoms with Crippen LogP contribution < -0.4 is 10.6 Å². The highest BCUT2D eigenvalue weighted by atomic mass is 35.5. The first kappa shape index (κ1) is 18.1. The van der Waals surface area contributed by atoms with E-state index in [0.717, 1.165) is 5.56 Å². The molecule has 0 aliphatic carbocycles. The lowest BCUT2D eigenvalue weighted by Crippen LogP contribution is -2.32. The molecular formula is C17H15ClN4O3S. The average molecular weight is 391 g/mol.